The van der Waals surface area contributed by atoms with Gasteiger partial charge in [-0.25, -0.2) is 9.59 Å². The van der Waals surface area contributed by atoms with Crippen LogP contribution in [0.15, 0.2) is 46.9 Å². The summed E-state index contributed by atoms with van der Waals surface area (Å²) in [7, 11) is 2.98. The number of ether oxygens (including phenoxy) is 4. The number of carbonyl (C=O) groups excluding carboxylic acids is 2. The molecule has 1 amide bonds. The smallest absolute Gasteiger partial charge is 0.408 e. The minimum atomic E-state index is -1.11. The third-order valence-corrected chi connectivity index (χ3v) is 4.43. The van der Waals surface area contributed by atoms with Crippen molar-refractivity contribution in [2.24, 2.45) is 0 Å². The van der Waals surface area contributed by atoms with E-state index in [0.717, 1.165) is 5.56 Å². The van der Waals surface area contributed by atoms with Crippen molar-refractivity contribution in [1.29, 1.82) is 0 Å². The van der Waals surface area contributed by atoms with Gasteiger partial charge >= 0.3 is 12.1 Å². The van der Waals surface area contributed by atoms with E-state index in [2.05, 4.69) is 21.2 Å². The number of nitrogens with one attached hydrogen (secondary N) is 1. The molecule has 0 aliphatic rings. The number of rotatable bonds is 8. The number of amides is 1. The molecule has 0 saturated heterocycles. The third-order valence-electron chi connectivity index (χ3n) is 3.81. The van der Waals surface area contributed by atoms with Crippen LogP contribution in [-0.4, -0.2) is 32.9 Å². The summed E-state index contributed by atoms with van der Waals surface area (Å²) in [5.74, 6) is 0.255. The van der Waals surface area contributed by atoms with Gasteiger partial charge in [0, 0.05) is 11.6 Å². The van der Waals surface area contributed by atoms with Crippen LogP contribution in [0.25, 0.3) is 0 Å². The van der Waals surface area contributed by atoms with Gasteiger partial charge in [0.15, 0.2) is 6.04 Å². The average Bonchev–Trinajstić information content (AvgIpc) is 2.71. The molecule has 150 valence electrons. The van der Waals surface area contributed by atoms with Gasteiger partial charge in [-0.05, 0) is 34.5 Å². The molecule has 28 heavy (non-hydrogen) atoms. The van der Waals surface area contributed by atoms with E-state index in [4.69, 9.17) is 18.9 Å². The molecule has 0 saturated carbocycles. The highest BCUT2D eigenvalue weighted by molar-refractivity contribution is 9.10. The Morgan fingerprint density at radius 2 is 1.71 bits per heavy atom. The van der Waals surface area contributed by atoms with E-state index in [-0.39, 0.29) is 13.2 Å². The second kappa shape index (κ2) is 10.6. The highest BCUT2D eigenvalue weighted by atomic mass is 79.9. The lowest BCUT2D eigenvalue weighted by Gasteiger charge is -2.21. The van der Waals surface area contributed by atoms with Crippen LogP contribution in [0.1, 0.15) is 24.1 Å². The van der Waals surface area contributed by atoms with Gasteiger partial charge in [0.1, 0.15) is 18.1 Å². The third kappa shape index (κ3) is 5.63. The minimum absolute atomic E-state index is 0.0751. The highest BCUT2D eigenvalue weighted by Gasteiger charge is 2.29. The van der Waals surface area contributed by atoms with Crippen LogP contribution >= 0.6 is 15.9 Å². The van der Waals surface area contributed by atoms with Crippen LogP contribution in [0, 0.1) is 0 Å². The summed E-state index contributed by atoms with van der Waals surface area (Å²) in [6.07, 6.45) is -0.754. The molecule has 0 fully saturated rings. The summed E-state index contributed by atoms with van der Waals surface area (Å²) in [6.45, 7) is 1.92. The predicted molar refractivity (Wildman–Crippen MR) is 106 cm³/mol. The normalized spacial score (nSPS) is 11.3. The zero-order chi connectivity index (χ0) is 20.5. The van der Waals surface area contributed by atoms with Crippen LogP contribution in [0.3, 0.4) is 0 Å². The number of hydrogen-bond donors (Lipinski definition) is 1. The van der Waals surface area contributed by atoms with Gasteiger partial charge in [0.2, 0.25) is 0 Å². The van der Waals surface area contributed by atoms with Gasteiger partial charge in [0.05, 0.1) is 25.3 Å². The zero-order valence-electron chi connectivity index (χ0n) is 15.9. The molecule has 2 aromatic rings. The number of carbonyl (C=O) groups is 2. The SMILES string of the molecule is CCOC(=O)[C@@H](NC(=O)OCc1ccccc1)c1cc(Br)c(OC)cc1OC. The summed E-state index contributed by atoms with van der Waals surface area (Å²) in [5.41, 5.74) is 1.24. The molecule has 7 nitrogen and oxygen atoms in total. The van der Waals surface area contributed by atoms with Crippen LogP contribution < -0.4 is 14.8 Å². The molecule has 2 rings (SSSR count). The van der Waals surface area contributed by atoms with Gasteiger partial charge in [-0.15, -0.1) is 0 Å². The second-order valence-electron chi connectivity index (χ2n) is 5.62. The van der Waals surface area contributed by atoms with Gasteiger partial charge in [-0.2, -0.15) is 0 Å². The number of alkyl carbamates (subject to hydrolysis) is 1. The van der Waals surface area contributed by atoms with Gasteiger partial charge < -0.3 is 24.3 Å². The molecule has 1 N–H and O–H groups in total. The monoisotopic (exact) mass is 451 g/mol. The highest BCUT2D eigenvalue weighted by Crippen LogP contribution is 2.36. The Labute approximate surface area is 172 Å². The van der Waals surface area contributed by atoms with Crippen LogP contribution in [0.5, 0.6) is 11.5 Å². The Morgan fingerprint density at radius 1 is 1.04 bits per heavy atom. The molecular weight excluding hydrogens is 430 g/mol. The Hall–Kier alpha value is -2.74. The maximum atomic E-state index is 12.5. The molecule has 0 heterocycles. The van der Waals surface area contributed by atoms with E-state index in [9.17, 15) is 9.59 Å². The second-order valence-corrected chi connectivity index (χ2v) is 6.47. The quantitative estimate of drug-likeness (QED) is 0.610. The molecule has 2 aromatic carbocycles. The lowest BCUT2D eigenvalue weighted by atomic mass is 10.1. The summed E-state index contributed by atoms with van der Waals surface area (Å²) in [6, 6.07) is 11.4. The summed E-state index contributed by atoms with van der Waals surface area (Å²) in [5, 5.41) is 2.55. The molecule has 0 aliphatic heterocycles. The van der Waals surface area contributed by atoms with Crippen LogP contribution in [0.2, 0.25) is 0 Å². The van der Waals surface area contributed by atoms with E-state index in [1.165, 1.54) is 14.2 Å². The van der Waals surface area contributed by atoms with Crippen LogP contribution in [0.4, 0.5) is 4.79 Å². The molecule has 0 aliphatic carbocycles. The lowest BCUT2D eigenvalue weighted by Crippen LogP contribution is -2.35. The Balaban J connectivity index is 2.23. The molecular formula is C20H22BrNO6. The molecule has 1 atom stereocenters. The Bertz CT molecular complexity index is 812. The number of esters is 1. The van der Waals surface area contributed by atoms with Gasteiger partial charge in [-0.3, -0.25) is 0 Å². The fraction of sp³-hybridized carbons (Fsp3) is 0.300. The first kappa shape index (κ1) is 21.6. The van der Waals surface area contributed by atoms with Crippen LogP contribution in [-0.2, 0) is 20.9 Å². The van der Waals surface area contributed by atoms with E-state index in [1.807, 2.05) is 30.3 Å². The Morgan fingerprint density at radius 3 is 2.32 bits per heavy atom. The summed E-state index contributed by atoms with van der Waals surface area (Å²) in [4.78, 5) is 24.8. The largest absolute Gasteiger partial charge is 0.496 e. The van der Waals surface area contributed by atoms with E-state index >= 15 is 0 Å². The molecule has 0 bridgehead atoms. The zero-order valence-corrected chi connectivity index (χ0v) is 17.4. The van der Waals surface area contributed by atoms with Gasteiger partial charge in [0.25, 0.3) is 0 Å². The molecule has 0 unspecified atom stereocenters. The van der Waals surface area contributed by atoms with Crippen molar-refractivity contribution in [3.8, 4) is 11.5 Å². The molecule has 8 heteroatoms. The summed E-state index contributed by atoms with van der Waals surface area (Å²) >= 11 is 3.38. The minimum Gasteiger partial charge on any atom is -0.496 e. The Kier molecular flexibility index (Phi) is 8.13. The molecule has 0 spiro atoms. The number of hydrogen-bond acceptors (Lipinski definition) is 6. The fourth-order valence-corrected chi connectivity index (χ4v) is 3.00. The van der Waals surface area contributed by atoms with Crippen molar-refractivity contribution in [1.82, 2.24) is 5.32 Å². The van der Waals surface area contributed by atoms with Crippen molar-refractivity contribution >= 4 is 28.0 Å². The van der Waals surface area contributed by atoms with E-state index in [0.29, 0.717) is 21.5 Å². The maximum Gasteiger partial charge on any atom is 0.408 e. The van der Waals surface area contributed by atoms with E-state index < -0.39 is 18.1 Å². The van der Waals surface area contributed by atoms with Crippen molar-refractivity contribution in [3.63, 3.8) is 0 Å². The molecule has 0 aromatic heterocycles. The topological polar surface area (TPSA) is 83.1 Å². The summed E-state index contributed by atoms with van der Waals surface area (Å²) < 4.78 is 21.5. The molecule has 0 radical (unpaired) electrons. The van der Waals surface area contributed by atoms with Crippen molar-refractivity contribution < 1.29 is 28.5 Å². The number of halogens is 1. The first-order valence-corrected chi connectivity index (χ1v) is 9.34. The van der Waals surface area contributed by atoms with Gasteiger partial charge in [-0.1, -0.05) is 30.3 Å². The maximum absolute atomic E-state index is 12.5. The van der Waals surface area contributed by atoms with Crippen molar-refractivity contribution in [3.05, 3.63) is 58.1 Å². The van der Waals surface area contributed by atoms with Crippen molar-refractivity contribution in [2.75, 3.05) is 20.8 Å². The lowest BCUT2D eigenvalue weighted by molar-refractivity contribution is -0.145. The predicted octanol–water partition coefficient (Wildman–Crippen LogP) is 4.00. The first-order chi connectivity index (χ1) is 13.5. The van der Waals surface area contributed by atoms with E-state index in [1.54, 1.807) is 19.1 Å². The standard InChI is InChI=1S/C20H22BrNO6/c1-4-27-19(23)18(14-10-15(21)17(26-3)11-16(14)25-2)22-20(24)28-12-13-8-6-5-7-9-13/h5-11,18H,4,12H2,1-3H3,(H,22,24)/t18-/m0/s1. The number of methoxy groups -OCH3 is 2. The van der Waals surface area contributed by atoms with Crippen molar-refractivity contribution in [2.45, 2.75) is 19.6 Å². The number of benzene rings is 2. The fourth-order valence-electron chi connectivity index (χ4n) is 2.48. The average molecular weight is 452 g/mol. The first-order valence-electron chi connectivity index (χ1n) is 8.55.